The molecule has 0 bridgehead atoms. The van der Waals surface area contributed by atoms with E-state index in [0.29, 0.717) is 13.0 Å². The van der Waals surface area contributed by atoms with Gasteiger partial charge in [-0.2, -0.15) is 0 Å². The first-order valence-corrected chi connectivity index (χ1v) is 8.90. The Morgan fingerprint density at radius 1 is 1.19 bits per heavy atom. The normalized spacial score (nSPS) is 14.0. The fourth-order valence-electron chi connectivity index (χ4n) is 2.03. The molecule has 2 N–H and O–H groups in total. The molecule has 1 unspecified atom stereocenters. The van der Waals surface area contributed by atoms with Gasteiger partial charge in [-0.15, -0.1) is 0 Å². The molecule has 0 saturated carbocycles. The lowest BCUT2D eigenvalue weighted by Gasteiger charge is -2.21. The van der Waals surface area contributed by atoms with Gasteiger partial charge in [0, 0.05) is 0 Å². The summed E-state index contributed by atoms with van der Waals surface area (Å²) in [4.78, 5) is 0. The second-order valence-corrected chi connectivity index (χ2v) is 9.24. The van der Waals surface area contributed by atoms with Crippen molar-refractivity contribution < 1.29 is 13.2 Å². The quantitative estimate of drug-likeness (QED) is 0.839. The molecule has 0 aromatic heterocycles. The van der Waals surface area contributed by atoms with Gasteiger partial charge in [0.25, 0.3) is 0 Å². The van der Waals surface area contributed by atoms with Crippen LogP contribution in [0.15, 0.2) is 24.3 Å². The van der Waals surface area contributed by atoms with Crippen LogP contribution < -0.4 is 10.5 Å². The Morgan fingerprint density at radius 3 is 2.19 bits per heavy atom. The van der Waals surface area contributed by atoms with Gasteiger partial charge in [-0.25, -0.2) is 8.42 Å². The van der Waals surface area contributed by atoms with Gasteiger partial charge >= 0.3 is 0 Å². The number of sulfone groups is 1. The maximum atomic E-state index is 12.2. The number of rotatable bonds is 7. The average Bonchev–Trinajstić information content (AvgIpc) is 2.43. The number of ether oxygens (including phenoxy) is 1. The molecule has 21 heavy (non-hydrogen) atoms. The van der Waals surface area contributed by atoms with E-state index in [1.165, 1.54) is 0 Å². The van der Waals surface area contributed by atoms with E-state index in [4.69, 9.17) is 10.5 Å². The molecule has 5 heteroatoms. The van der Waals surface area contributed by atoms with Crippen LogP contribution in [0.2, 0.25) is 0 Å². The van der Waals surface area contributed by atoms with Crippen molar-refractivity contribution in [3.8, 4) is 5.75 Å². The summed E-state index contributed by atoms with van der Waals surface area (Å²) in [7, 11) is -1.45. The summed E-state index contributed by atoms with van der Waals surface area (Å²) in [5.41, 5.74) is 6.95. The molecular weight excluding hydrogens is 286 g/mol. The number of nitrogens with two attached hydrogens (primary N) is 1. The highest BCUT2D eigenvalue weighted by molar-refractivity contribution is 7.92. The standard InChI is InChI=1S/C16H27NO3S/c1-16(2,3)21(18,19)10-9-14(12-17)11-13-5-7-15(20-4)8-6-13/h5-8,14H,9-12,17H2,1-4H3. The van der Waals surface area contributed by atoms with E-state index in [0.717, 1.165) is 17.7 Å². The van der Waals surface area contributed by atoms with Gasteiger partial charge < -0.3 is 10.5 Å². The number of benzene rings is 1. The van der Waals surface area contributed by atoms with Gasteiger partial charge in [-0.05, 0) is 63.8 Å². The smallest absolute Gasteiger partial charge is 0.155 e. The molecule has 1 aromatic carbocycles. The van der Waals surface area contributed by atoms with Crippen molar-refractivity contribution in [3.05, 3.63) is 29.8 Å². The van der Waals surface area contributed by atoms with E-state index >= 15 is 0 Å². The van der Waals surface area contributed by atoms with Crippen LogP contribution in [-0.4, -0.2) is 32.6 Å². The summed E-state index contributed by atoms with van der Waals surface area (Å²) in [6, 6.07) is 7.82. The molecule has 0 aliphatic carbocycles. The van der Waals surface area contributed by atoms with Crippen molar-refractivity contribution in [1.82, 2.24) is 0 Å². The summed E-state index contributed by atoms with van der Waals surface area (Å²) < 4.78 is 28.7. The second kappa shape index (κ2) is 7.27. The van der Waals surface area contributed by atoms with Gasteiger partial charge in [0.05, 0.1) is 17.6 Å². The third kappa shape index (κ3) is 5.32. The van der Waals surface area contributed by atoms with E-state index in [1.54, 1.807) is 27.9 Å². The van der Waals surface area contributed by atoms with Crippen LogP contribution in [0.25, 0.3) is 0 Å². The second-order valence-electron chi connectivity index (χ2n) is 6.37. The molecule has 0 saturated heterocycles. The average molecular weight is 313 g/mol. The van der Waals surface area contributed by atoms with Crippen molar-refractivity contribution >= 4 is 9.84 Å². The number of methoxy groups -OCH3 is 1. The van der Waals surface area contributed by atoms with Gasteiger partial charge in [0.1, 0.15) is 5.75 Å². The summed E-state index contributed by atoms with van der Waals surface area (Å²) in [5.74, 6) is 1.18. The third-order valence-electron chi connectivity index (χ3n) is 3.74. The molecule has 1 aromatic rings. The zero-order valence-corrected chi connectivity index (χ0v) is 14.2. The molecule has 0 aliphatic heterocycles. The fourth-order valence-corrected chi connectivity index (χ4v) is 3.28. The first-order valence-electron chi connectivity index (χ1n) is 7.25. The fraction of sp³-hybridized carbons (Fsp3) is 0.625. The highest BCUT2D eigenvalue weighted by Crippen LogP contribution is 2.21. The predicted molar refractivity (Wildman–Crippen MR) is 87.4 cm³/mol. The summed E-state index contributed by atoms with van der Waals surface area (Å²) in [6.45, 7) is 5.71. The third-order valence-corrected chi connectivity index (χ3v) is 6.38. The Hall–Kier alpha value is -1.07. The van der Waals surface area contributed by atoms with Gasteiger partial charge in [0.2, 0.25) is 0 Å². The van der Waals surface area contributed by atoms with E-state index < -0.39 is 14.6 Å². The Kier molecular flexibility index (Phi) is 6.23. The molecule has 0 radical (unpaired) electrons. The zero-order chi connectivity index (χ0) is 16.1. The largest absolute Gasteiger partial charge is 0.497 e. The summed E-state index contributed by atoms with van der Waals surface area (Å²) in [6.07, 6.45) is 1.39. The van der Waals surface area contributed by atoms with E-state index in [9.17, 15) is 8.42 Å². The van der Waals surface area contributed by atoms with Crippen molar-refractivity contribution in [2.45, 2.75) is 38.4 Å². The molecule has 0 fully saturated rings. The molecule has 0 heterocycles. The Balaban J connectivity index is 2.63. The monoisotopic (exact) mass is 313 g/mol. The van der Waals surface area contributed by atoms with Crippen LogP contribution in [0.3, 0.4) is 0 Å². The Morgan fingerprint density at radius 2 is 1.76 bits per heavy atom. The van der Waals surface area contributed by atoms with E-state index in [1.807, 2.05) is 24.3 Å². The lowest BCUT2D eigenvalue weighted by molar-refractivity contribution is 0.414. The molecule has 0 aliphatic rings. The summed E-state index contributed by atoms with van der Waals surface area (Å²) in [5, 5.41) is 0. The van der Waals surface area contributed by atoms with Crippen LogP contribution in [0.1, 0.15) is 32.8 Å². The SMILES string of the molecule is COc1ccc(CC(CN)CCS(=O)(=O)C(C)(C)C)cc1. The predicted octanol–water partition coefficient (Wildman–Crippen LogP) is 2.42. The van der Waals surface area contributed by atoms with Gasteiger partial charge in [0.15, 0.2) is 9.84 Å². The lowest BCUT2D eigenvalue weighted by Crippen LogP contribution is -2.32. The first kappa shape index (κ1) is 18.0. The van der Waals surface area contributed by atoms with Crippen LogP contribution in [0.4, 0.5) is 0 Å². The molecule has 1 atom stereocenters. The number of hydrogen-bond acceptors (Lipinski definition) is 4. The van der Waals surface area contributed by atoms with Crippen molar-refractivity contribution in [2.75, 3.05) is 19.4 Å². The molecule has 4 nitrogen and oxygen atoms in total. The molecular formula is C16H27NO3S. The lowest BCUT2D eigenvalue weighted by atomic mass is 9.97. The van der Waals surface area contributed by atoms with E-state index in [-0.39, 0.29) is 11.7 Å². The topological polar surface area (TPSA) is 69.4 Å². The van der Waals surface area contributed by atoms with Crippen LogP contribution in [0, 0.1) is 5.92 Å². The number of hydrogen-bond donors (Lipinski definition) is 1. The van der Waals surface area contributed by atoms with Crippen molar-refractivity contribution in [1.29, 1.82) is 0 Å². The highest BCUT2D eigenvalue weighted by atomic mass is 32.2. The molecule has 0 amide bonds. The van der Waals surface area contributed by atoms with Crippen molar-refractivity contribution in [2.24, 2.45) is 11.7 Å². The van der Waals surface area contributed by atoms with Crippen LogP contribution in [-0.2, 0) is 16.3 Å². The summed E-state index contributed by atoms with van der Waals surface area (Å²) >= 11 is 0. The van der Waals surface area contributed by atoms with Crippen LogP contribution in [0.5, 0.6) is 5.75 Å². The van der Waals surface area contributed by atoms with Gasteiger partial charge in [-0.3, -0.25) is 0 Å². The maximum Gasteiger partial charge on any atom is 0.155 e. The Labute approximate surface area is 128 Å². The van der Waals surface area contributed by atoms with Crippen LogP contribution >= 0.6 is 0 Å². The Bertz CT molecular complexity index is 530. The minimum Gasteiger partial charge on any atom is -0.497 e. The molecule has 1 rings (SSSR count). The molecule has 120 valence electrons. The van der Waals surface area contributed by atoms with Crippen molar-refractivity contribution in [3.63, 3.8) is 0 Å². The van der Waals surface area contributed by atoms with Gasteiger partial charge in [-0.1, -0.05) is 12.1 Å². The first-order chi connectivity index (χ1) is 9.69. The maximum absolute atomic E-state index is 12.2. The minimum atomic E-state index is -3.08. The van der Waals surface area contributed by atoms with E-state index in [2.05, 4.69) is 0 Å². The highest BCUT2D eigenvalue weighted by Gasteiger charge is 2.29. The zero-order valence-electron chi connectivity index (χ0n) is 13.4. The molecule has 0 spiro atoms. The minimum absolute atomic E-state index is 0.176.